The number of fused-ring (bicyclic) bond motifs is 1. The van der Waals surface area contributed by atoms with Gasteiger partial charge in [-0.2, -0.15) is 0 Å². The smallest absolute Gasteiger partial charge is 0.311 e. The highest BCUT2D eigenvalue weighted by Crippen LogP contribution is 2.46. The molecule has 2 aliphatic carbocycles. The van der Waals surface area contributed by atoms with Crippen LogP contribution in [0.4, 0.5) is 0 Å². The third kappa shape index (κ3) is 5.79. The molecular weight excluding hydrogens is 376 g/mol. The van der Waals surface area contributed by atoms with Gasteiger partial charge in [0.15, 0.2) is 5.78 Å². The topological polar surface area (TPSA) is 60.4 Å². The van der Waals surface area contributed by atoms with Crippen LogP contribution in [0.3, 0.4) is 0 Å². The third-order valence-electron chi connectivity index (χ3n) is 5.71. The predicted molar refractivity (Wildman–Crippen MR) is 111 cm³/mol. The molecule has 0 spiro atoms. The number of esters is 1. The van der Waals surface area contributed by atoms with Crippen molar-refractivity contribution in [2.75, 3.05) is 0 Å². The van der Waals surface area contributed by atoms with Crippen LogP contribution in [0, 0.1) is 17.3 Å². The Bertz CT molecular complexity index is 692. The molecule has 0 saturated heterocycles. The fraction of sp³-hybridized carbons (Fsp3) is 0.696. The van der Waals surface area contributed by atoms with Gasteiger partial charge in [-0.1, -0.05) is 30.2 Å². The van der Waals surface area contributed by atoms with E-state index in [2.05, 4.69) is 6.92 Å². The van der Waals surface area contributed by atoms with Gasteiger partial charge in [0.2, 0.25) is 0 Å². The quantitative estimate of drug-likeness (QED) is 0.519. The lowest BCUT2D eigenvalue weighted by atomic mass is 9.81. The lowest BCUT2D eigenvalue weighted by Crippen LogP contribution is -2.34. The number of hydrogen-bond acceptors (Lipinski definition) is 4. The molecule has 2 unspecified atom stereocenters. The van der Waals surface area contributed by atoms with Crippen LogP contribution in [-0.2, 0) is 19.1 Å². The monoisotopic (exact) mass is 408 g/mol. The normalized spacial score (nSPS) is 25.7. The first-order chi connectivity index (χ1) is 13.0. The van der Waals surface area contributed by atoms with Gasteiger partial charge in [0.05, 0.1) is 5.41 Å². The highest BCUT2D eigenvalue weighted by Gasteiger charge is 2.45. The summed E-state index contributed by atoms with van der Waals surface area (Å²) < 4.78 is 5.87. The first kappa shape index (κ1) is 22.9. The van der Waals surface area contributed by atoms with E-state index in [4.69, 9.17) is 16.3 Å². The van der Waals surface area contributed by atoms with Crippen LogP contribution in [0.1, 0.15) is 79.6 Å². The first-order valence-electron chi connectivity index (χ1n) is 10.3. The summed E-state index contributed by atoms with van der Waals surface area (Å²) in [5.41, 5.74) is 1.40. The van der Waals surface area contributed by atoms with Crippen molar-refractivity contribution in [2.45, 2.75) is 85.7 Å². The van der Waals surface area contributed by atoms with Crippen molar-refractivity contribution in [3.63, 3.8) is 0 Å². The Balaban J connectivity index is 2.07. The van der Waals surface area contributed by atoms with Gasteiger partial charge in [-0.05, 0) is 64.9 Å². The summed E-state index contributed by atoms with van der Waals surface area (Å²) >= 11 is 5.79. The maximum absolute atomic E-state index is 12.5. The SMILES string of the molecule is CC(Cl)=CCCC(=O)CCC1=C2CC(C)[C@H](OC(=O)C(C)(C)C)C2CCC1=O. The first-order valence-corrected chi connectivity index (χ1v) is 10.7. The van der Waals surface area contributed by atoms with Crippen LogP contribution in [0.5, 0.6) is 0 Å². The van der Waals surface area contributed by atoms with Crippen LogP contribution >= 0.6 is 11.6 Å². The minimum absolute atomic E-state index is 0.117. The van der Waals surface area contributed by atoms with E-state index in [1.54, 1.807) is 6.92 Å². The Morgan fingerprint density at radius 2 is 1.93 bits per heavy atom. The van der Waals surface area contributed by atoms with Crippen molar-refractivity contribution in [1.29, 1.82) is 0 Å². The molecule has 2 aliphatic rings. The predicted octanol–water partition coefficient (Wildman–Crippen LogP) is 5.53. The zero-order chi connectivity index (χ0) is 21.1. The lowest BCUT2D eigenvalue weighted by molar-refractivity contribution is -0.162. The van der Waals surface area contributed by atoms with Crippen LogP contribution in [-0.4, -0.2) is 23.6 Å². The van der Waals surface area contributed by atoms with E-state index >= 15 is 0 Å². The van der Waals surface area contributed by atoms with Gasteiger partial charge in [-0.25, -0.2) is 0 Å². The largest absolute Gasteiger partial charge is 0.461 e. The van der Waals surface area contributed by atoms with E-state index in [-0.39, 0.29) is 35.5 Å². The van der Waals surface area contributed by atoms with Crippen LogP contribution in [0.2, 0.25) is 0 Å². The van der Waals surface area contributed by atoms with Crippen LogP contribution < -0.4 is 0 Å². The maximum atomic E-state index is 12.5. The molecule has 0 radical (unpaired) electrons. The van der Waals surface area contributed by atoms with E-state index in [1.165, 1.54) is 0 Å². The zero-order valence-electron chi connectivity index (χ0n) is 17.8. The van der Waals surface area contributed by atoms with Crippen LogP contribution in [0.25, 0.3) is 0 Å². The fourth-order valence-electron chi connectivity index (χ4n) is 4.13. The van der Waals surface area contributed by atoms with E-state index in [0.29, 0.717) is 37.1 Å². The molecule has 0 aromatic rings. The fourth-order valence-corrected chi connectivity index (χ4v) is 4.24. The van der Waals surface area contributed by atoms with Gasteiger partial charge in [0.1, 0.15) is 11.9 Å². The third-order valence-corrected chi connectivity index (χ3v) is 5.87. The Kier molecular flexibility index (Phi) is 7.66. The van der Waals surface area contributed by atoms with Crippen molar-refractivity contribution in [3.8, 4) is 0 Å². The Morgan fingerprint density at radius 1 is 1.25 bits per heavy atom. The van der Waals surface area contributed by atoms with Gasteiger partial charge < -0.3 is 4.74 Å². The molecular formula is C23H33ClO4. The average Bonchev–Trinajstić information content (AvgIpc) is 2.88. The molecule has 0 heterocycles. The van der Waals surface area contributed by atoms with E-state index < -0.39 is 5.41 Å². The van der Waals surface area contributed by atoms with E-state index in [1.807, 2.05) is 26.8 Å². The lowest BCUT2D eigenvalue weighted by Gasteiger charge is -2.29. The number of ketones is 2. The van der Waals surface area contributed by atoms with Crippen molar-refractivity contribution in [2.24, 2.45) is 17.3 Å². The standard InChI is InChI=1S/C23H33ClO4/c1-14-13-19-17(10-9-16(25)8-6-7-15(2)24)20(26)12-11-18(19)21(14)28-22(27)23(3,4)5/h7,14,18,21H,6,8-13H2,1-5H3/t14?,18?,21-/m0/s1. The molecule has 1 fully saturated rings. The van der Waals surface area contributed by atoms with Gasteiger partial charge >= 0.3 is 5.97 Å². The van der Waals surface area contributed by atoms with Crippen molar-refractivity contribution >= 4 is 29.1 Å². The number of halogens is 1. The molecule has 156 valence electrons. The van der Waals surface area contributed by atoms with Crippen molar-refractivity contribution < 1.29 is 19.1 Å². The van der Waals surface area contributed by atoms with Gasteiger partial charge in [0, 0.05) is 30.2 Å². The second kappa shape index (κ2) is 9.39. The van der Waals surface area contributed by atoms with Crippen LogP contribution in [0.15, 0.2) is 22.3 Å². The summed E-state index contributed by atoms with van der Waals surface area (Å²) in [4.78, 5) is 37.1. The molecule has 0 aromatic carbocycles. The minimum atomic E-state index is -0.540. The number of carbonyl (C=O) groups excluding carboxylic acids is 3. The number of ether oxygens (including phenoxy) is 1. The van der Waals surface area contributed by atoms with Crippen molar-refractivity contribution in [1.82, 2.24) is 0 Å². The second-order valence-corrected chi connectivity index (χ2v) is 9.84. The number of Topliss-reactive ketones (excluding diaryl/α,β-unsaturated/α-hetero) is 2. The molecule has 0 amide bonds. The molecule has 2 rings (SSSR count). The van der Waals surface area contributed by atoms with Gasteiger partial charge in [-0.3, -0.25) is 14.4 Å². The second-order valence-electron chi connectivity index (χ2n) is 9.24. The Morgan fingerprint density at radius 3 is 2.54 bits per heavy atom. The molecule has 0 aliphatic heterocycles. The summed E-state index contributed by atoms with van der Waals surface area (Å²) in [6.45, 7) is 9.44. The zero-order valence-corrected chi connectivity index (χ0v) is 18.5. The van der Waals surface area contributed by atoms with Gasteiger partial charge in [0.25, 0.3) is 0 Å². The van der Waals surface area contributed by atoms with Crippen molar-refractivity contribution in [3.05, 3.63) is 22.3 Å². The molecule has 0 bridgehead atoms. The number of hydrogen-bond donors (Lipinski definition) is 0. The molecule has 5 heteroatoms. The van der Waals surface area contributed by atoms with Gasteiger partial charge in [-0.15, -0.1) is 0 Å². The van der Waals surface area contributed by atoms with E-state index in [9.17, 15) is 14.4 Å². The maximum Gasteiger partial charge on any atom is 0.311 e. The highest BCUT2D eigenvalue weighted by molar-refractivity contribution is 6.29. The summed E-state index contributed by atoms with van der Waals surface area (Å²) in [6.07, 6.45) is 5.63. The summed E-state index contributed by atoms with van der Waals surface area (Å²) in [5.74, 6) is 0.428. The Labute approximate surface area is 173 Å². The summed E-state index contributed by atoms with van der Waals surface area (Å²) in [7, 11) is 0. The summed E-state index contributed by atoms with van der Waals surface area (Å²) in [5, 5.41) is 0.693. The molecule has 0 N–H and O–H groups in total. The molecule has 4 nitrogen and oxygen atoms in total. The molecule has 0 aromatic heterocycles. The minimum Gasteiger partial charge on any atom is -0.461 e. The average molecular weight is 409 g/mol. The number of rotatable bonds is 7. The molecule has 28 heavy (non-hydrogen) atoms. The number of carbonyl (C=O) groups is 3. The Hall–Kier alpha value is -1.42. The van der Waals surface area contributed by atoms with E-state index in [0.717, 1.165) is 24.0 Å². The molecule has 3 atom stereocenters. The highest BCUT2D eigenvalue weighted by atomic mass is 35.5. The summed E-state index contributed by atoms with van der Waals surface area (Å²) in [6, 6.07) is 0. The molecule has 1 saturated carbocycles. The number of allylic oxidation sites excluding steroid dienone is 3.